The average Bonchev–Trinajstić information content (AvgIpc) is 2.81. The lowest BCUT2D eigenvalue weighted by Gasteiger charge is -2.18. The number of hydrogen-bond donors (Lipinski definition) is 1. The van der Waals surface area contributed by atoms with Gasteiger partial charge in [0.05, 0.1) is 27.2 Å². The van der Waals surface area contributed by atoms with Crippen molar-refractivity contribution < 1.29 is 14.7 Å². The molecule has 0 aliphatic rings. The van der Waals surface area contributed by atoms with Crippen LogP contribution in [-0.4, -0.2) is 52.5 Å². The second kappa shape index (κ2) is 12.8. The van der Waals surface area contributed by atoms with Gasteiger partial charge in [0.1, 0.15) is 0 Å². The van der Waals surface area contributed by atoms with Gasteiger partial charge >= 0.3 is 5.97 Å². The molecular weight excluding hydrogens is 488 g/mol. The van der Waals surface area contributed by atoms with E-state index in [-0.39, 0.29) is 16.9 Å². The zero-order valence-electron chi connectivity index (χ0n) is 19.1. The number of carbonyl (C=O) groups excluding carboxylic acids is 1. The molecule has 0 aliphatic carbocycles. The maximum atomic E-state index is 11.9. The molecule has 1 N–H and O–H groups in total. The van der Waals surface area contributed by atoms with E-state index >= 15 is 0 Å². The highest BCUT2D eigenvalue weighted by atomic mass is 35.5. The molecular formula is C26H27ClN2O3S2. The van der Waals surface area contributed by atoms with Gasteiger partial charge in [-0.05, 0) is 35.4 Å². The third kappa shape index (κ3) is 7.79. The molecule has 5 nitrogen and oxygen atoms in total. The summed E-state index contributed by atoms with van der Waals surface area (Å²) in [6.45, 7) is 0. The number of amides is 1. The predicted molar refractivity (Wildman–Crippen MR) is 145 cm³/mol. The highest BCUT2D eigenvalue weighted by Crippen LogP contribution is 2.40. The van der Waals surface area contributed by atoms with E-state index in [2.05, 4.69) is 11.1 Å². The molecule has 0 saturated heterocycles. The molecule has 178 valence electrons. The minimum Gasteiger partial charge on any atom is -0.481 e. The van der Waals surface area contributed by atoms with Crippen LogP contribution in [0.2, 0.25) is 5.02 Å². The summed E-state index contributed by atoms with van der Waals surface area (Å²) < 4.78 is 0.0324. The minimum atomic E-state index is -0.810. The van der Waals surface area contributed by atoms with Crippen LogP contribution in [0.1, 0.15) is 34.2 Å². The predicted octanol–water partition coefficient (Wildman–Crippen LogP) is 6.48. The molecule has 1 atom stereocenters. The lowest BCUT2D eigenvalue weighted by Crippen LogP contribution is -2.21. The molecule has 0 radical (unpaired) electrons. The maximum absolute atomic E-state index is 11.9. The maximum Gasteiger partial charge on any atom is 0.304 e. The number of carboxylic acids is 1. The summed E-state index contributed by atoms with van der Waals surface area (Å²) >= 11 is 9.69. The SMILES string of the molecule is CN(C)C(=O)CCSC(SCCC(=O)O)c1cccc(C=Cc2nc3ccccc3cc2Cl)c1. The van der Waals surface area contributed by atoms with E-state index in [1.165, 1.54) is 0 Å². The van der Waals surface area contributed by atoms with Crippen molar-refractivity contribution in [1.29, 1.82) is 0 Å². The molecule has 1 heterocycles. The van der Waals surface area contributed by atoms with Crippen molar-refractivity contribution in [3.63, 3.8) is 0 Å². The Morgan fingerprint density at radius 3 is 2.50 bits per heavy atom. The van der Waals surface area contributed by atoms with Crippen LogP contribution < -0.4 is 0 Å². The standard InChI is InChI=1S/C26H27ClN2O3S2/c1-29(2)24(30)12-14-33-26(34-15-13-25(31)32)20-8-5-6-18(16-20)10-11-23-21(27)17-19-7-3-4-9-22(19)28-23/h3-11,16-17,26H,12-15H2,1-2H3,(H,31,32). The van der Waals surface area contributed by atoms with Crippen molar-refractivity contribution in [3.05, 3.63) is 76.4 Å². The fraction of sp³-hybridized carbons (Fsp3) is 0.269. The van der Waals surface area contributed by atoms with Crippen LogP contribution in [0, 0.1) is 0 Å². The summed E-state index contributed by atoms with van der Waals surface area (Å²) in [4.78, 5) is 29.2. The number of pyridine rings is 1. The van der Waals surface area contributed by atoms with Gasteiger partial charge in [-0.1, -0.05) is 54.1 Å². The van der Waals surface area contributed by atoms with Crippen molar-refractivity contribution in [3.8, 4) is 0 Å². The van der Waals surface area contributed by atoms with Gasteiger partial charge in [-0.25, -0.2) is 4.98 Å². The topological polar surface area (TPSA) is 70.5 Å². The van der Waals surface area contributed by atoms with Crippen LogP contribution in [0.3, 0.4) is 0 Å². The smallest absolute Gasteiger partial charge is 0.304 e. The molecule has 3 rings (SSSR count). The number of aromatic nitrogens is 1. The first-order valence-electron chi connectivity index (χ1n) is 10.8. The average molecular weight is 515 g/mol. The molecule has 1 unspecified atom stereocenters. The Morgan fingerprint density at radius 2 is 1.76 bits per heavy atom. The number of hydrogen-bond acceptors (Lipinski definition) is 5. The Kier molecular flexibility index (Phi) is 9.86. The van der Waals surface area contributed by atoms with Gasteiger partial charge < -0.3 is 10.0 Å². The van der Waals surface area contributed by atoms with Gasteiger partial charge in [0.15, 0.2) is 0 Å². The molecule has 1 aromatic heterocycles. The zero-order chi connectivity index (χ0) is 24.5. The van der Waals surface area contributed by atoms with Crippen LogP contribution in [0.5, 0.6) is 0 Å². The van der Waals surface area contributed by atoms with E-state index in [9.17, 15) is 9.59 Å². The Morgan fingerprint density at radius 1 is 1.03 bits per heavy atom. The van der Waals surface area contributed by atoms with Crippen LogP contribution in [0.15, 0.2) is 54.6 Å². The van der Waals surface area contributed by atoms with Crippen molar-refractivity contribution in [1.82, 2.24) is 9.88 Å². The van der Waals surface area contributed by atoms with Gasteiger partial charge in [-0.2, -0.15) is 0 Å². The first-order chi connectivity index (χ1) is 16.3. The number of fused-ring (bicyclic) bond motifs is 1. The van der Waals surface area contributed by atoms with Crippen LogP contribution in [-0.2, 0) is 9.59 Å². The number of carboxylic acid groups (broad SMARTS) is 1. The number of halogens is 1. The summed E-state index contributed by atoms with van der Waals surface area (Å²) in [6.07, 6.45) is 4.43. The van der Waals surface area contributed by atoms with Crippen molar-refractivity contribution in [2.75, 3.05) is 25.6 Å². The van der Waals surface area contributed by atoms with Crippen molar-refractivity contribution in [2.24, 2.45) is 0 Å². The molecule has 34 heavy (non-hydrogen) atoms. The van der Waals surface area contributed by atoms with E-state index in [1.54, 1.807) is 42.5 Å². The van der Waals surface area contributed by atoms with Gasteiger partial charge in [0, 0.05) is 37.4 Å². The number of para-hydroxylation sites is 1. The fourth-order valence-corrected chi connectivity index (χ4v) is 6.05. The second-order valence-corrected chi connectivity index (χ2v) is 10.9. The lowest BCUT2D eigenvalue weighted by atomic mass is 10.1. The van der Waals surface area contributed by atoms with Gasteiger partial charge in [-0.15, -0.1) is 23.5 Å². The third-order valence-corrected chi connectivity index (χ3v) is 8.14. The Labute approximate surface area is 213 Å². The Hall–Kier alpha value is -2.48. The molecule has 8 heteroatoms. The summed E-state index contributed by atoms with van der Waals surface area (Å²) in [5.74, 6) is 0.442. The van der Waals surface area contributed by atoms with Gasteiger partial charge in [-0.3, -0.25) is 9.59 Å². The molecule has 0 fully saturated rings. The summed E-state index contributed by atoms with van der Waals surface area (Å²) in [6, 6.07) is 17.9. The highest BCUT2D eigenvalue weighted by molar-refractivity contribution is 8.16. The van der Waals surface area contributed by atoms with Gasteiger partial charge in [0.25, 0.3) is 0 Å². The summed E-state index contributed by atoms with van der Waals surface area (Å²) in [7, 11) is 3.50. The zero-order valence-corrected chi connectivity index (χ0v) is 21.5. The summed E-state index contributed by atoms with van der Waals surface area (Å²) in [5, 5.41) is 10.6. The molecule has 0 saturated carbocycles. The Balaban J connectivity index is 1.76. The first kappa shape index (κ1) is 26.1. The van der Waals surface area contributed by atoms with Gasteiger partial charge in [0.2, 0.25) is 5.91 Å². The molecule has 1 amide bonds. The normalized spacial score (nSPS) is 12.2. The van der Waals surface area contributed by atoms with E-state index in [4.69, 9.17) is 16.7 Å². The van der Waals surface area contributed by atoms with E-state index in [0.29, 0.717) is 28.6 Å². The number of nitrogens with zero attached hydrogens (tertiary/aromatic N) is 2. The molecule has 3 aromatic rings. The fourth-order valence-electron chi connectivity index (χ4n) is 3.18. The van der Waals surface area contributed by atoms with E-state index < -0.39 is 5.97 Å². The quantitative estimate of drug-likeness (QED) is 0.295. The molecule has 0 spiro atoms. The number of carbonyl (C=O) groups is 2. The van der Waals surface area contributed by atoms with E-state index in [0.717, 1.165) is 22.0 Å². The van der Waals surface area contributed by atoms with Crippen LogP contribution in [0.25, 0.3) is 23.1 Å². The van der Waals surface area contributed by atoms with Crippen molar-refractivity contribution >= 4 is 70.1 Å². The lowest BCUT2D eigenvalue weighted by molar-refractivity contribution is -0.136. The van der Waals surface area contributed by atoms with Crippen LogP contribution in [0.4, 0.5) is 0 Å². The van der Waals surface area contributed by atoms with E-state index in [1.807, 2.05) is 60.7 Å². The number of thioether (sulfide) groups is 2. The third-order valence-electron chi connectivity index (χ3n) is 4.99. The monoisotopic (exact) mass is 514 g/mol. The largest absolute Gasteiger partial charge is 0.481 e. The number of benzene rings is 2. The molecule has 0 bridgehead atoms. The minimum absolute atomic E-state index is 0.0324. The number of rotatable bonds is 11. The van der Waals surface area contributed by atoms with Crippen molar-refractivity contribution in [2.45, 2.75) is 17.4 Å². The summed E-state index contributed by atoms with van der Waals surface area (Å²) in [5.41, 5.74) is 3.67. The second-order valence-electron chi connectivity index (χ2n) is 7.81. The number of aliphatic carboxylic acids is 1. The molecule has 0 aliphatic heterocycles. The van der Waals surface area contributed by atoms with Crippen LogP contribution >= 0.6 is 35.1 Å². The first-order valence-corrected chi connectivity index (χ1v) is 13.3. The Bertz CT molecular complexity index is 1180. The highest BCUT2D eigenvalue weighted by Gasteiger charge is 2.15. The molecule has 2 aromatic carbocycles.